The summed E-state index contributed by atoms with van der Waals surface area (Å²) in [6.07, 6.45) is 5.18. The fourth-order valence-corrected chi connectivity index (χ4v) is 1.49. The molecule has 0 fully saturated rings. The molecular weight excluding hydrogens is 192 g/mol. The Morgan fingerprint density at radius 3 is 3.07 bits per heavy atom. The van der Waals surface area contributed by atoms with Crippen molar-refractivity contribution in [1.29, 1.82) is 0 Å². The van der Waals surface area contributed by atoms with Crippen molar-refractivity contribution in [2.45, 2.75) is 19.5 Å². The lowest BCUT2D eigenvalue weighted by atomic mass is 10.3. The van der Waals surface area contributed by atoms with Crippen molar-refractivity contribution in [1.82, 2.24) is 19.5 Å². The quantitative estimate of drug-likeness (QED) is 0.775. The van der Waals surface area contributed by atoms with Gasteiger partial charge in [0.15, 0.2) is 0 Å². The van der Waals surface area contributed by atoms with Crippen LogP contribution in [0.5, 0.6) is 0 Å². The molecule has 0 aromatic carbocycles. The summed E-state index contributed by atoms with van der Waals surface area (Å²) >= 11 is 0. The van der Waals surface area contributed by atoms with E-state index in [1.165, 1.54) is 0 Å². The van der Waals surface area contributed by atoms with Crippen molar-refractivity contribution in [2.24, 2.45) is 0 Å². The van der Waals surface area contributed by atoms with Gasteiger partial charge in [-0.15, -0.1) is 0 Å². The van der Waals surface area contributed by atoms with E-state index in [1.54, 1.807) is 33.7 Å². The van der Waals surface area contributed by atoms with Crippen LogP contribution in [0.2, 0.25) is 0 Å². The maximum Gasteiger partial charge on any atom is 0.276 e. The predicted octanol–water partition coefficient (Wildman–Crippen LogP) is 0.104. The zero-order chi connectivity index (χ0) is 10.8. The summed E-state index contributed by atoms with van der Waals surface area (Å²) in [6, 6.07) is 2.00. The standard InChI is InChI=1S/C10H14N4O/c1-8(11-2)7-13-5-6-14-9(10(13)15)3-4-12-14/h3-6,8,11H,7H2,1-2H3. The van der Waals surface area contributed by atoms with Gasteiger partial charge in [0.05, 0.1) is 6.20 Å². The van der Waals surface area contributed by atoms with E-state index in [1.807, 2.05) is 14.0 Å². The highest BCUT2D eigenvalue weighted by atomic mass is 16.1. The molecule has 2 rings (SSSR count). The Morgan fingerprint density at radius 2 is 2.33 bits per heavy atom. The van der Waals surface area contributed by atoms with Gasteiger partial charge in [-0.05, 0) is 20.0 Å². The highest BCUT2D eigenvalue weighted by Crippen LogP contribution is 1.95. The van der Waals surface area contributed by atoms with Crippen LogP contribution >= 0.6 is 0 Å². The van der Waals surface area contributed by atoms with E-state index in [2.05, 4.69) is 10.4 Å². The number of hydrogen-bond donors (Lipinski definition) is 1. The molecule has 0 saturated carbocycles. The smallest absolute Gasteiger partial charge is 0.276 e. The highest BCUT2D eigenvalue weighted by molar-refractivity contribution is 5.42. The molecule has 0 amide bonds. The van der Waals surface area contributed by atoms with Crippen LogP contribution in [0, 0.1) is 0 Å². The molecule has 0 bridgehead atoms. The Kier molecular flexibility index (Phi) is 2.55. The Hall–Kier alpha value is -1.62. The maximum absolute atomic E-state index is 11.9. The summed E-state index contributed by atoms with van der Waals surface area (Å²) in [5.74, 6) is 0. The second kappa shape index (κ2) is 3.86. The Morgan fingerprint density at radius 1 is 1.53 bits per heavy atom. The summed E-state index contributed by atoms with van der Waals surface area (Å²) in [5, 5.41) is 7.11. The van der Waals surface area contributed by atoms with Crippen LogP contribution in [0.3, 0.4) is 0 Å². The second-order valence-electron chi connectivity index (χ2n) is 3.61. The van der Waals surface area contributed by atoms with Crippen molar-refractivity contribution in [2.75, 3.05) is 7.05 Å². The van der Waals surface area contributed by atoms with Crippen molar-refractivity contribution < 1.29 is 0 Å². The second-order valence-corrected chi connectivity index (χ2v) is 3.61. The van der Waals surface area contributed by atoms with Crippen LogP contribution in [-0.4, -0.2) is 27.3 Å². The van der Waals surface area contributed by atoms with E-state index in [0.717, 1.165) is 0 Å². The first-order valence-corrected chi connectivity index (χ1v) is 4.92. The van der Waals surface area contributed by atoms with Crippen LogP contribution in [0.15, 0.2) is 29.5 Å². The summed E-state index contributed by atoms with van der Waals surface area (Å²) in [5.41, 5.74) is 0.609. The molecular formula is C10H14N4O. The summed E-state index contributed by atoms with van der Waals surface area (Å²) in [4.78, 5) is 11.9. The number of nitrogens with one attached hydrogen (secondary N) is 1. The lowest BCUT2D eigenvalue weighted by molar-refractivity contribution is 0.504. The first-order chi connectivity index (χ1) is 7.22. The first kappa shape index (κ1) is 9.92. The average molecular weight is 206 g/mol. The number of aromatic nitrogens is 3. The zero-order valence-corrected chi connectivity index (χ0v) is 8.84. The molecule has 1 N–H and O–H groups in total. The number of nitrogens with zero attached hydrogens (tertiary/aromatic N) is 3. The van der Waals surface area contributed by atoms with E-state index in [4.69, 9.17) is 0 Å². The minimum absolute atomic E-state index is 0.00269. The van der Waals surface area contributed by atoms with E-state index in [9.17, 15) is 4.79 Å². The molecule has 0 spiro atoms. The summed E-state index contributed by atoms with van der Waals surface area (Å²) < 4.78 is 3.28. The monoisotopic (exact) mass is 206 g/mol. The van der Waals surface area contributed by atoms with Crippen LogP contribution in [0.25, 0.3) is 5.52 Å². The van der Waals surface area contributed by atoms with E-state index >= 15 is 0 Å². The Balaban J connectivity index is 2.44. The fourth-order valence-electron chi connectivity index (χ4n) is 1.49. The van der Waals surface area contributed by atoms with Crippen LogP contribution in [0.4, 0.5) is 0 Å². The molecule has 2 aromatic heterocycles. The molecule has 80 valence electrons. The first-order valence-electron chi connectivity index (χ1n) is 4.92. The lowest BCUT2D eigenvalue weighted by Crippen LogP contribution is -2.32. The highest BCUT2D eigenvalue weighted by Gasteiger charge is 2.05. The van der Waals surface area contributed by atoms with E-state index in [0.29, 0.717) is 12.1 Å². The third-order valence-electron chi connectivity index (χ3n) is 2.50. The van der Waals surface area contributed by atoms with Crippen molar-refractivity contribution in [3.63, 3.8) is 0 Å². The van der Waals surface area contributed by atoms with Gasteiger partial charge in [0.25, 0.3) is 5.56 Å². The van der Waals surface area contributed by atoms with Gasteiger partial charge in [-0.3, -0.25) is 4.79 Å². The number of fused-ring (bicyclic) bond motifs is 1. The molecule has 0 radical (unpaired) electrons. The summed E-state index contributed by atoms with van der Waals surface area (Å²) in [7, 11) is 1.88. The SMILES string of the molecule is CNC(C)Cn1ccn2nccc2c1=O. The normalized spacial score (nSPS) is 13.2. The molecule has 5 heteroatoms. The van der Waals surface area contributed by atoms with Crippen molar-refractivity contribution >= 4 is 5.52 Å². The third-order valence-corrected chi connectivity index (χ3v) is 2.50. The molecule has 2 aromatic rings. The van der Waals surface area contributed by atoms with Gasteiger partial charge in [-0.1, -0.05) is 0 Å². The van der Waals surface area contributed by atoms with Crippen LogP contribution in [0.1, 0.15) is 6.92 Å². The predicted molar refractivity (Wildman–Crippen MR) is 58.0 cm³/mol. The van der Waals surface area contributed by atoms with Gasteiger partial charge in [-0.2, -0.15) is 5.10 Å². The largest absolute Gasteiger partial charge is 0.315 e. The molecule has 15 heavy (non-hydrogen) atoms. The van der Waals surface area contributed by atoms with E-state index in [-0.39, 0.29) is 11.6 Å². The van der Waals surface area contributed by atoms with Gasteiger partial charge >= 0.3 is 0 Å². The minimum Gasteiger partial charge on any atom is -0.315 e. The Labute approximate surface area is 87.3 Å². The topological polar surface area (TPSA) is 51.3 Å². The average Bonchev–Trinajstić information content (AvgIpc) is 2.70. The third kappa shape index (κ3) is 1.78. The number of rotatable bonds is 3. The molecule has 5 nitrogen and oxygen atoms in total. The van der Waals surface area contributed by atoms with E-state index < -0.39 is 0 Å². The van der Waals surface area contributed by atoms with Gasteiger partial charge < -0.3 is 9.88 Å². The molecule has 0 aliphatic carbocycles. The van der Waals surface area contributed by atoms with Crippen LogP contribution < -0.4 is 10.9 Å². The molecule has 0 aliphatic rings. The van der Waals surface area contributed by atoms with Gasteiger partial charge in [0, 0.05) is 25.0 Å². The lowest BCUT2D eigenvalue weighted by Gasteiger charge is -2.12. The Bertz CT molecular complexity index is 513. The molecule has 1 atom stereocenters. The molecule has 0 aliphatic heterocycles. The number of hydrogen-bond acceptors (Lipinski definition) is 3. The van der Waals surface area contributed by atoms with Crippen molar-refractivity contribution in [3.8, 4) is 0 Å². The van der Waals surface area contributed by atoms with Crippen molar-refractivity contribution in [3.05, 3.63) is 35.0 Å². The maximum atomic E-state index is 11.9. The fraction of sp³-hybridized carbons (Fsp3) is 0.400. The summed E-state index contributed by atoms with van der Waals surface area (Å²) in [6.45, 7) is 2.70. The minimum atomic E-state index is -0.00269. The van der Waals surface area contributed by atoms with Gasteiger partial charge in [0.2, 0.25) is 0 Å². The van der Waals surface area contributed by atoms with Gasteiger partial charge in [-0.25, -0.2) is 4.52 Å². The zero-order valence-electron chi connectivity index (χ0n) is 8.84. The number of likely N-dealkylation sites (N-methyl/N-ethyl adjacent to an activating group) is 1. The molecule has 0 saturated heterocycles. The molecule has 1 unspecified atom stereocenters. The molecule has 2 heterocycles. The van der Waals surface area contributed by atoms with Gasteiger partial charge in [0.1, 0.15) is 5.52 Å². The van der Waals surface area contributed by atoms with Crippen LogP contribution in [-0.2, 0) is 6.54 Å².